The molecule has 3 aromatic carbocycles. The van der Waals surface area contributed by atoms with Crippen LogP contribution in [0.25, 0.3) is 11.1 Å². The van der Waals surface area contributed by atoms with E-state index in [9.17, 15) is 14.4 Å². The average Bonchev–Trinajstić information content (AvgIpc) is 3.57. The van der Waals surface area contributed by atoms with Gasteiger partial charge in [0.25, 0.3) is 0 Å². The first-order chi connectivity index (χ1) is 17.0. The van der Waals surface area contributed by atoms with Crippen LogP contribution in [0.3, 0.4) is 0 Å². The predicted octanol–water partition coefficient (Wildman–Crippen LogP) is 4.00. The van der Waals surface area contributed by atoms with Gasteiger partial charge in [-0.1, -0.05) is 72.8 Å². The molecule has 0 atom stereocenters. The quantitative estimate of drug-likeness (QED) is 0.462. The molecule has 1 fully saturated rings. The van der Waals surface area contributed by atoms with Gasteiger partial charge in [0.2, 0.25) is 5.91 Å². The number of hydrogen-bond acceptors (Lipinski definition) is 4. The van der Waals surface area contributed by atoms with E-state index in [-0.39, 0.29) is 31.4 Å². The third-order valence-corrected chi connectivity index (χ3v) is 6.77. The van der Waals surface area contributed by atoms with Gasteiger partial charge in [0.1, 0.15) is 12.1 Å². The van der Waals surface area contributed by atoms with Crippen molar-refractivity contribution >= 4 is 18.0 Å². The minimum Gasteiger partial charge on any atom is -0.481 e. The van der Waals surface area contributed by atoms with Crippen molar-refractivity contribution in [1.29, 1.82) is 0 Å². The smallest absolute Gasteiger partial charge is 0.408 e. The zero-order chi connectivity index (χ0) is 24.4. The van der Waals surface area contributed by atoms with E-state index in [1.807, 2.05) is 24.3 Å². The number of carboxylic acid groups (broad SMARTS) is 1. The summed E-state index contributed by atoms with van der Waals surface area (Å²) in [4.78, 5) is 36.6. The highest BCUT2D eigenvalue weighted by Gasteiger charge is 2.51. The summed E-state index contributed by atoms with van der Waals surface area (Å²) in [5, 5.41) is 14.7. The Morgan fingerprint density at radius 3 is 2.03 bits per heavy atom. The van der Waals surface area contributed by atoms with Gasteiger partial charge in [-0.05, 0) is 46.2 Å². The Balaban J connectivity index is 1.19. The molecule has 0 saturated heterocycles. The molecule has 0 radical (unpaired) electrons. The Labute approximate surface area is 203 Å². The summed E-state index contributed by atoms with van der Waals surface area (Å²) in [7, 11) is 0. The molecule has 2 amide bonds. The van der Waals surface area contributed by atoms with Gasteiger partial charge in [0.05, 0.1) is 6.42 Å². The molecule has 3 aromatic rings. The van der Waals surface area contributed by atoms with Crippen LogP contribution in [0.2, 0.25) is 0 Å². The van der Waals surface area contributed by atoms with Crippen LogP contribution in [0.15, 0.2) is 72.8 Å². The number of carbonyl (C=O) groups excluding carboxylic acids is 2. The lowest BCUT2D eigenvalue weighted by atomic mass is 9.98. The Bertz CT molecular complexity index is 1250. The third-order valence-electron chi connectivity index (χ3n) is 6.77. The molecule has 0 aromatic heterocycles. The van der Waals surface area contributed by atoms with E-state index in [4.69, 9.17) is 9.84 Å². The highest BCUT2D eigenvalue weighted by atomic mass is 16.5. The van der Waals surface area contributed by atoms with Crippen molar-refractivity contribution in [3.63, 3.8) is 0 Å². The van der Waals surface area contributed by atoms with Crippen LogP contribution >= 0.6 is 0 Å². The average molecular weight is 471 g/mol. The van der Waals surface area contributed by atoms with Crippen molar-refractivity contribution in [2.75, 3.05) is 6.61 Å². The molecule has 0 aliphatic heterocycles. The number of aliphatic carboxylic acids is 1. The number of benzene rings is 3. The van der Waals surface area contributed by atoms with Gasteiger partial charge in [0, 0.05) is 12.5 Å². The number of carbonyl (C=O) groups is 3. The molecule has 0 bridgehead atoms. The SMILES string of the molecule is O=C(O)Cc1ccccc1CNC(=O)C1(NC(=O)OCC2c3ccccc3-c3ccccc32)CC1. The second-order valence-electron chi connectivity index (χ2n) is 9.05. The van der Waals surface area contributed by atoms with Crippen LogP contribution in [0, 0.1) is 0 Å². The van der Waals surface area contributed by atoms with Crippen molar-refractivity contribution in [2.45, 2.75) is 37.3 Å². The Morgan fingerprint density at radius 2 is 1.43 bits per heavy atom. The molecule has 1 saturated carbocycles. The van der Waals surface area contributed by atoms with Crippen LogP contribution in [-0.4, -0.2) is 35.2 Å². The fraction of sp³-hybridized carbons (Fsp3) is 0.250. The minimum atomic E-state index is -0.982. The molecule has 7 nitrogen and oxygen atoms in total. The summed E-state index contributed by atoms with van der Waals surface area (Å²) >= 11 is 0. The number of nitrogens with one attached hydrogen (secondary N) is 2. The van der Waals surface area contributed by atoms with Gasteiger partial charge in [-0.3, -0.25) is 9.59 Å². The van der Waals surface area contributed by atoms with E-state index in [1.54, 1.807) is 24.3 Å². The summed E-state index contributed by atoms with van der Waals surface area (Å²) in [6.07, 6.45) is 0.320. The maximum atomic E-state index is 12.9. The monoisotopic (exact) mass is 470 g/mol. The highest BCUT2D eigenvalue weighted by molar-refractivity contribution is 5.92. The summed E-state index contributed by atoms with van der Waals surface area (Å²) in [6, 6.07) is 23.3. The molecule has 0 heterocycles. The molecule has 2 aliphatic rings. The number of alkyl carbamates (subject to hydrolysis) is 1. The molecular weight excluding hydrogens is 444 g/mol. The van der Waals surface area contributed by atoms with E-state index in [0.29, 0.717) is 18.4 Å². The molecule has 178 valence electrons. The molecule has 5 rings (SSSR count). The third kappa shape index (κ3) is 4.62. The highest BCUT2D eigenvalue weighted by Crippen LogP contribution is 2.44. The first kappa shape index (κ1) is 22.7. The van der Waals surface area contributed by atoms with E-state index in [0.717, 1.165) is 27.8 Å². The molecule has 3 N–H and O–H groups in total. The second-order valence-corrected chi connectivity index (χ2v) is 9.05. The van der Waals surface area contributed by atoms with Gasteiger partial charge < -0.3 is 20.5 Å². The number of carboxylic acids is 1. The second kappa shape index (κ2) is 9.25. The molecule has 35 heavy (non-hydrogen) atoms. The fourth-order valence-electron chi connectivity index (χ4n) is 4.77. The summed E-state index contributed by atoms with van der Waals surface area (Å²) in [5.41, 5.74) is 4.96. The van der Waals surface area contributed by atoms with Crippen LogP contribution in [0.1, 0.15) is 41.0 Å². The Morgan fingerprint density at radius 1 is 0.857 bits per heavy atom. The Kier molecular flexibility index (Phi) is 5.99. The van der Waals surface area contributed by atoms with Crippen LogP contribution in [-0.2, 0) is 27.3 Å². The molecule has 2 aliphatic carbocycles. The summed E-state index contributed by atoms with van der Waals surface area (Å²) in [6.45, 7) is 0.372. The molecule has 0 unspecified atom stereocenters. The largest absolute Gasteiger partial charge is 0.481 e. The van der Waals surface area contributed by atoms with Crippen LogP contribution in [0.4, 0.5) is 4.79 Å². The van der Waals surface area contributed by atoms with Gasteiger partial charge in [-0.15, -0.1) is 0 Å². The number of amides is 2. The maximum absolute atomic E-state index is 12.9. The molecule has 0 spiro atoms. The molecular formula is C28H26N2O5. The van der Waals surface area contributed by atoms with E-state index in [1.165, 1.54) is 0 Å². The standard InChI is InChI=1S/C28H26N2O5/c31-25(32)15-18-7-1-2-8-19(18)16-29-26(33)28(13-14-28)30-27(34)35-17-24-22-11-5-3-9-20(22)21-10-4-6-12-23(21)24/h1-12,24H,13-17H2,(H,29,33)(H,30,34)(H,31,32). The number of hydrogen-bond donors (Lipinski definition) is 3. The number of fused-ring (bicyclic) bond motifs is 3. The first-order valence-corrected chi connectivity index (χ1v) is 11.7. The topological polar surface area (TPSA) is 105 Å². The summed E-state index contributed by atoms with van der Waals surface area (Å²) in [5.74, 6) is -1.28. The van der Waals surface area contributed by atoms with Crippen LogP contribution in [0.5, 0.6) is 0 Å². The zero-order valence-corrected chi connectivity index (χ0v) is 19.1. The van der Waals surface area contributed by atoms with E-state index < -0.39 is 17.6 Å². The van der Waals surface area contributed by atoms with E-state index in [2.05, 4.69) is 34.9 Å². The van der Waals surface area contributed by atoms with Gasteiger partial charge in [-0.25, -0.2) is 4.79 Å². The first-order valence-electron chi connectivity index (χ1n) is 11.7. The van der Waals surface area contributed by atoms with Gasteiger partial charge >= 0.3 is 12.1 Å². The lowest BCUT2D eigenvalue weighted by molar-refractivity contribution is -0.136. The van der Waals surface area contributed by atoms with Gasteiger partial charge in [-0.2, -0.15) is 0 Å². The van der Waals surface area contributed by atoms with Gasteiger partial charge in [0.15, 0.2) is 0 Å². The van der Waals surface area contributed by atoms with Crippen molar-refractivity contribution in [3.8, 4) is 11.1 Å². The number of ether oxygens (including phenoxy) is 1. The Hall–Kier alpha value is -4.13. The lowest BCUT2D eigenvalue weighted by Gasteiger charge is -2.19. The minimum absolute atomic E-state index is 0.0529. The normalized spacial score (nSPS) is 15.0. The number of rotatable bonds is 8. The summed E-state index contributed by atoms with van der Waals surface area (Å²) < 4.78 is 5.60. The molecule has 7 heteroatoms. The van der Waals surface area contributed by atoms with Crippen LogP contribution < -0.4 is 10.6 Å². The van der Waals surface area contributed by atoms with Crippen molar-refractivity contribution in [1.82, 2.24) is 10.6 Å². The zero-order valence-electron chi connectivity index (χ0n) is 19.1. The fourth-order valence-corrected chi connectivity index (χ4v) is 4.77. The van der Waals surface area contributed by atoms with Crippen molar-refractivity contribution in [2.24, 2.45) is 0 Å². The van der Waals surface area contributed by atoms with E-state index >= 15 is 0 Å². The lowest BCUT2D eigenvalue weighted by Crippen LogP contribution is -2.49. The van der Waals surface area contributed by atoms with Crippen molar-refractivity contribution < 1.29 is 24.2 Å². The van der Waals surface area contributed by atoms with Crippen molar-refractivity contribution in [3.05, 3.63) is 95.1 Å². The predicted molar refractivity (Wildman–Crippen MR) is 130 cm³/mol. The maximum Gasteiger partial charge on any atom is 0.408 e.